The smallest absolute Gasteiger partial charge is 0.224 e. The first kappa shape index (κ1) is 24.1. The third-order valence-corrected chi connectivity index (χ3v) is 8.92. The SMILES string of the molecule is CCCCCNc1nc(C)c(-c2nc3ccccc3s2)c(NC23CCCC2OC2(CCCCC2)O3)n1. The van der Waals surface area contributed by atoms with Gasteiger partial charge in [0.25, 0.3) is 0 Å². The van der Waals surface area contributed by atoms with Gasteiger partial charge in [0.05, 0.1) is 21.5 Å². The summed E-state index contributed by atoms with van der Waals surface area (Å²) in [6, 6.07) is 8.28. The Labute approximate surface area is 217 Å². The van der Waals surface area contributed by atoms with E-state index in [1.54, 1.807) is 11.3 Å². The van der Waals surface area contributed by atoms with Gasteiger partial charge in [-0.2, -0.15) is 4.98 Å². The molecule has 8 heteroatoms. The van der Waals surface area contributed by atoms with Crippen molar-refractivity contribution in [1.29, 1.82) is 0 Å². The average molecular weight is 508 g/mol. The van der Waals surface area contributed by atoms with Crippen molar-refractivity contribution in [3.63, 3.8) is 0 Å². The molecule has 6 rings (SSSR count). The fourth-order valence-corrected chi connectivity index (χ4v) is 7.13. The van der Waals surface area contributed by atoms with Gasteiger partial charge in [-0.1, -0.05) is 38.3 Å². The second-order valence-corrected chi connectivity index (χ2v) is 11.6. The van der Waals surface area contributed by atoms with E-state index in [4.69, 9.17) is 24.4 Å². The Morgan fingerprint density at radius 1 is 1.03 bits per heavy atom. The van der Waals surface area contributed by atoms with E-state index < -0.39 is 11.5 Å². The van der Waals surface area contributed by atoms with E-state index in [0.29, 0.717) is 5.95 Å². The third-order valence-electron chi connectivity index (χ3n) is 7.87. The third kappa shape index (κ3) is 4.48. The van der Waals surface area contributed by atoms with Crippen LogP contribution < -0.4 is 10.6 Å². The first-order valence-corrected chi connectivity index (χ1v) is 14.6. The molecule has 0 radical (unpaired) electrons. The number of rotatable bonds is 8. The van der Waals surface area contributed by atoms with Gasteiger partial charge in [-0.05, 0) is 57.6 Å². The summed E-state index contributed by atoms with van der Waals surface area (Å²) in [4.78, 5) is 14.8. The molecule has 3 aromatic rings. The van der Waals surface area contributed by atoms with E-state index in [0.717, 1.165) is 90.2 Å². The van der Waals surface area contributed by atoms with Crippen LogP contribution in [0.5, 0.6) is 0 Å². The maximum atomic E-state index is 6.92. The van der Waals surface area contributed by atoms with Crippen LogP contribution in [0.4, 0.5) is 11.8 Å². The fourth-order valence-electron chi connectivity index (χ4n) is 6.06. The molecule has 2 aliphatic carbocycles. The van der Waals surface area contributed by atoms with Crippen LogP contribution in [0, 0.1) is 6.92 Å². The molecular weight excluding hydrogens is 470 g/mol. The van der Waals surface area contributed by atoms with Gasteiger partial charge < -0.3 is 20.1 Å². The molecule has 2 N–H and O–H groups in total. The second kappa shape index (κ2) is 9.88. The quantitative estimate of drug-likeness (QED) is 0.317. The predicted molar refractivity (Wildman–Crippen MR) is 145 cm³/mol. The Hall–Kier alpha value is -2.29. The van der Waals surface area contributed by atoms with E-state index in [1.165, 1.54) is 19.3 Å². The van der Waals surface area contributed by atoms with Gasteiger partial charge in [0, 0.05) is 19.4 Å². The molecular formula is C28H37N5O2S. The number of unbranched alkanes of at least 4 members (excludes halogenated alkanes) is 2. The molecule has 1 spiro atoms. The van der Waals surface area contributed by atoms with Crippen LogP contribution in [0.2, 0.25) is 0 Å². The van der Waals surface area contributed by atoms with Crippen LogP contribution >= 0.6 is 11.3 Å². The maximum absolute atomic E-state index is 6.92. The molecule has 2 atom stereocenters. The number of aromatic nitrogens is 3. The summed E-state index contributed by atoms with van der Waals surface area (Å²) in [6.07, 6.45) is 12.1. The highest BCUT2D eigenvalue weighted by Gasteiger charge is 2.59. The molecule has 2 saturated carbocycles. The second-order valence-electron chi connectivity index (χ2n) is 10.6. The lowest BCUT2D eigenvalue weighted by Gasteiger charge is -2.35. The van der Waals surface area contributed by atoms with Crippen LogP contribution in [0.3, 0.4) is 0 Å². The molecule has 3 fully saturated rings. The zero-order valence-electron chi connectivity index (χ0n) is 21.4. The molecule has 3 heterocycles. The molecule has 1 aromatic carbocycles. The largest absolute Gasteiger partial charge is 0.354 e. The molecule has 36 heavy (non-hydrogen) atoms. The summed E-state index contributed by atoms with van der Waals surface area (Å²) < 4.78 is 14.8. The topological polar surface area (TPSA) is 81.2 Å². The first-order chi connectivity index (χ1) is 17.6. The highest BCUT2D eigenvalue weighted by atomic mass is 32.1. The van der Waals surface area contributed by atoms with E-state index >= 15 is 0 Å². The summed E-state index contributed by atoms with van der Waals surface area (Å²) in [6.45, 7) is 5.14. The summed E-state index contributed by atoms with van der Waals surface area (Å²) in [5, 5.41) is 8.20. The minimum Gasteiger partial charge on any atom is -0.354 e. The Kier molecular flexibility index (Phi) is 6.60. The summed E-state index contributed by atoms with van der Waals surface area (Å²) in [7, 11) is 0. The van der Waals surface area contributed by atoms with Gasteiger partial charge >= 0.3 is 0 Å². The molecule has 192 valence electrons. The van der Waals surface area contributed by atoms with Crippen molar-refractivity contribution in [2.24, 2.45) is 0 Å². The lowest BCUT2D eigenvalue weighted by Crippen LogP contribution is -2.45. The van der Waals surface area contributed by atoms with Crippen LogP contribution in [0.15, 0.2) is 24.3 Å². The number of nitrogens with zero attached hydrogens (tertiary/aromatic N) is 3. The number of hydrogen-bond donors (Lipinski definition) is 2. The fraction of sp³-hybridized carbons (Fsp3) is 0.607. The molecule has 0 bridgehead atoms. The van der Waals surface area contributed by atoms with Crippen LogP contribution in [0.25, 0.3) is 20.8 Å². The molecule has 1 aliphatic heterocycles. The van der Waals surface area contributed by atoms with Crippen LogP contribution in [-0.2, 0) is 9.47 Å². The van der Waals surface area contributed by atoms with E-state index in [-0.39, 0.29) is 6.10 Å². The number of ether oxygens (including phenoxy) is 2. The standard InChI is InChI=1S/C28H37N5O2S/c1-3-4-10-18-29-26-30-19(2)23(25-31-20-12-6-7-13-21(20)36-25)24(32-26)33-28-17-11-14-22(28)34-27(35-28)15-8-5-9-16-27/h6-7,12-13,22H,3-5,8-11,14-18H2,1-2H3,(H2,29,30,32,33). The number of anilines is 2. The van der Waals surface area contributed by atoms with Crippen molar-refractivity contribution in [2.75, 3.05) is 17.2 Å². The highest BCUT2D eigenvalue weighted by molar-refractivity contribution is 7.21. The Morgan fingerprint density at radius 3 is 2.72 bits per heavy atom. The summed E-state index contributed by atoms with van der Waals surface area (Å²) >= 11 is 1.69. The number of nitrogens with one attached hydrogen (secondary N) is 2. The van der Waals surface area contributed by atoms with Gasteiger partial charge in [0.1, 0.15) is 16.9 Å². The van der Waals surface area contributed by atoms with Crippen molar-refractivity contribution in [2.45, 2.75) is 102 Å². The van der Waals surface area contributed by atoms with Gasteiger partial charge in [0.2, 0.25) is 5.95 Å². The number of fused-ring (bicyclic) bond motifs is 2. The van der Waals surface area contributed by atoms with Crippen molar-refractivity contribution in [1.82, 2.24) is 15.0 Å². The van der Waals surface area contributed by atoms with Gasteiger partial charge in [-0.25, -0.2) is 9.97 Å². The number of aryl methyl sites for hydroxylation is 1. The lowest BCUT2D eigenvalue weighted by atomic mass is 9.94. The van der Waals surface area contributed by atoms with Gasteiger partial charge in [0.15, 0.2) is 11.5 Å². The minimum absolute atomic E-state index is 0.0371. The van der Waals surface area contributed by atoms with E-state index in [2.05, 4.69) is 42.7 Å². The van der Waals surface area contributed by atoms with Crippen LogP contribution in [-0.4, -0.2) is 39.1 Å². The normalized spacial score (nSPS) is 24.9. The minimum atomic E-state index is -0.553. The molecule has 2 unspecified atom stereocenters. The zero-order chi connectivity index (χ0) is 24.6. The van der Waals surface area contributed by atoms with E-state index in [9.17, 15) is 0 Å². The Balaban J connectivity index is 1.38. The summed E-state index contributed by atoms with van der Waals surface area (Å²) in [5.74, 6) is 1.01. The molecule has 1 saturated heterocycles. The maximum Gasteiger partial charge on any atom is 0.224 e. The number of thiazole rings is 1. The highest BCUT2D eigenvalue weighted by Crippen LogP contribution is 2.52. The molecule has 2 aromatic heterocycles. The number of para-hydroxylation sites is 1. The zero-order valence-corrected chi connectivity index (χ0v) is 22.3. The van der Waals surface area contributed by atoms with Gasteiger partial charge in [-0.15, -0.1) is 11.3 Å². The molecule has 0 amide bonds. The van der Waals surface area contributed by atoms with Crippen molar-refractivity contribution in [3.8, 4) is 10.6 Å². The predicted octanol–water partition coefficient (Wildman–Crippen LogP) is 7.03. The Bertz CT molecular complexity index is 1190. The van der Waals surface area contributed by atoms with Crippen molar-refractivity contribution in [3.05, 3.63) is 30.0 Å². The van der Waals surface area contributed by atoms with Gasteiger partial charge in [-0.3, -0.25) is 0 Å². The number of benzene rings is 1. The Morgan fingerprint density at radius 2 is 1.89 bits per heavy atom. The first-order valence-electron chi connectivity index (χ1n) is 13.7. The lowest BCUT2D eigenvalue weighted by molar-refractivity contribution is -0.208. The van der Waals surface area contributed by atoms with Crippen LogP contribution in [0.1, 0.15) is 83.2 Å². The van der Waals surface area contributed by atoms with E-state index in [1.807, 2.05) is 6.07 Å². The van der Waals surface area contributed by atoms with Crippen molar-refractivity contribution >= 4 is 33.3 Å². The summed E-state index contributed by atoms with van der Waals surface area (Å²) in [5.41, 5.74) is 2.33. The monoisotopic (exact) mass is 507 g/mol. The molecule has 7 nitrogen and oxygen atoms in total. The average Bonchev–Trinajstić information content (AvgIpc) is 3.52. The van der Waals surface area contributed by atoms with Crippen molar-refractivity contribution < 1.29 is 9.47 Å². The number of hydrogen-bond acceptors (Lipinski definition) is 8. The molecule has 3 aliphatic rings.